The van der Waals surface area contributed by atoms with Gasteiger partial charge in [-0.15, -0.1) is 11.3 Å². The Kier molecular flexibility index (Phi) is 4.67. The maximum atomic E-state index is 12.7. The minimum Gasteiger partial charge on any atom is -0.468 e. The van der Waals surface area contributed by atoms with Gasteiger partial charge in [0.15, 0.2) is 0 Å². The van der Waals surface area contributed by atoms with E-state index in [0.29, 0.717) is 19.6 Å². The first kappa shape index (κ1) is 16.1. The van der Waals surface area contributed by atoms with E-state index >= 15 is 0 Å². The van der Waals surface area contributed by atoms with E-state index in [2.05, 4.69) is 26.6 Å². The van der Waals surface area contributed by atoms with Gasteiger partial charge in [-0.25, -0.2) is 4.98 Å². The molecule has 6 nitrogen and oxygen atoms in total. The van der Waals surface area contributed by atoms with Gasteiger partial charge in [0.25, 0.3) is 0 Å². The Morgan fingerprint density at radius 2 is 2.36 bits per heavy atom. The van der Waals surface area contributed by atoms with Gasteiger partial charge in [-0.2, -0.15) is 0 Å². The molecule has 0 aliphatic carbocycles. The van der Waals surface area contributed by atoms with Crippen LogP contribution in [-0.2, 0) is 24.3 Å². The van der Waals surface area contributed by atoms with Gasteiger partial charge in [0.05, 0.1) is 24.8 Å². The van der Waals surface area contributed by atoms with Crippen molar-refractivity contribution in [3.05, 3.63) is 64.8 Å². The number of hydrogen-bond acceptors (Lipinski definition) is 5. The van der Waals surface area contributed by atoms with Crippen LogP contribution in [0.15, 0.2) is 52.9 Å². The fraction of sp³-hybridized carbons (Fsp3) is 0.333. The van der Waals surface area contributed by atoms with Crippen LogP contribution >= 0.6 is 11.3 Å². The molecule has 0 aromatic carbocycles. The Morgan fingerprint density at radius 1 is 1.40 bits per heavy atom. The van der Waals surface area contributed by atoms with Gasteiger partial charge in [0, 0.05) is 30.7 Å². The predicted octanol–water partition coefficient (Wildman–Crippen LogP) is 2.45. The highest BCUT2D eigenvalue weighted by Gasteiger charge is 2.30. The molecule has 4 heterocycles. The highest BCUT2D eigenvalue weighted by Crippen LogP contribution is 2.23. The number of fused-ring (bicyclic) bond motifs is 1. The molecule has 1 amide bonds. The van der Waals surface area contributed by atoms with E-state index in [0.717, 1.165) is 24.4 Å². The van der Waals surface area contributed by atoms with E-state index in [1.807, 2.05) is 29.0 Å². The largest absolute Gasteiger partial charge is 0.468 e. The minimum atomic E-state index is -0.260. The van der Waals surface area contributed by atoms with Crippen molar-refractivity contribution in [2.45, 2.75) is 25.6 Å². The lowest BCUT2D eigenvalue weighted by Gasteiger charge is -2.33. The number of nitrogens with one attached hydrogen (secondary N) is 1. The van der Waals surface area contributed by atoms with Crippen LogP contribution < -0.4 is 5.32 Å². The molecule has 1 atom stereocenters. The predicted molar refractivity (Wildman–Crippen MR) is 95.1 cm³/mol. The number of furan rings is 1. The molecule has 4 rings (SSSR count). The van der Waals surface area contributed by atoms with Crippen molar-refractivity contribution in [3.63, 3.8) is 0 Å². The van der Waals surface area contributed by atoms with Crippen molar-refractivity contribution < 1.29 is 9.21 Å². The second-order valence-electron chi connectivity index (χ2n) is 6.18. The van der Waals surface area contributed by atoms with Gasteiger partial charge in [-0.1, -0.05) is 6.07 Å². The van der Waals surface area contributed by atoms with Crippen LogP contribution in [0.4, 0.5) is 0 Å². The van der Waals surface area contributed by atoms with E-state index in [1.165, 1.54) is 4.88 Å². The highest BCUT2D eigenvalue weighted by atomic mass is 32.1. The minimum absolute atomic E-state index is 0.0416. The van der Waals surface area contributed by atoms with Gasteiger partial charge in [0.2, 0.25) is 5.91 Å². The van der Waals surface area contributed by atoms with Crippen molar-refractivity contribution in [2.24, 2.45) is 0 Å². The first-order valence-electron chi connectivity index (χ1n) is 8.35. The van der Waals surface area contributed by atoms with Crippen LogP contribution in [0.1, 0.15) is 22.4 Å². The zero-order chi connectivity index (χ0) is 17.1. The Morgan fingerprint density at radius 3 is 3.16 bits per heavy atom. The summed E-state index contributed by atoms with van der Waals surface area (Å²) in [6, 6.07) is 7.72. The molecule has 0 saturated heterocycles. The molecule has 25 heavy (non-hydrogen) atoms. The van der Waals surface area contributed by atoms with Crippen LogP contribution in [0.25, 0.3) is 0 Å². The molecule has 0 spiro atoms. The maximum absolute atomic E-state index is 12.7. The summed E-state index contributed by atoms with van der Waals surface area (Å²) in [6.45, 7) is 2.75. The maximum Gasteiger partial charge on any atom is 0.244 e. The number of aromatic nitrogens is 2. The first-order chi connectivity index (χ1) is 12.3. The summed E-state index contributed by atoms with van der Waals surface area (Å²) in [4.78, 5) is 20.5. The van der Waals surface area contributed by atoms with Gasteiger partial charge >= 0.3 is 0 Å². The lowest BCUT2D eigenvalue weighted by Crippen LogP contribution is -2.44. The zero-order valence-electron chi connectivity index (χ0n) is 13.8. The van der Waals surface area contributed by atoms with Crippen LogP contribution in [0.5, 0.6) is 0 Å². The third-order valence-electron chi connectivity index (χ3n) is 4.41. The van der Waals surface area contributed by atoms with E-state index < -0.39 is 0 Å². The van der Waals surface area contributed by atoms with E-state index in [-0.39, 0.29) is 11.9 Å². The molecule has 0 saturated carbocycles. The molecule has 7 heteroatoms. The molecule has 3 aromatic heterocycles. The van der Waals surface area contributed by atoms with Crippen molar-refractivity contribution in [3.8, 4) is 0 Å². The number of carbonyl (C=O) groups excluding carboxylic acids is 1. The topological polar surface area (TPSA) is 63.3 Å². The monoisotopic (exact) mass is 356 g/mol. The molecule has 0 radical (unpaired) electrons. The number of hydrogen-bond donors (Lipinski definition) is 1. The molecule has 1 N–H and O–H groups in total. The quantitative estimate of drug-likeness (QED) is 0.737. The summed E-state index contributed by atoms with van der Waals surface area (Å²) in [5.74, 6) is 0.949. The highest BCUT2D eigenvalue weighted by molar-refractivity contribution is 7.09. The zero-order valence-corrected chi connectivity index (χ0v) is 14.6. The van der Waals surface area contributed by atoms with E-state index in [4.69, 9.17) is 4.42 Å². The molecule has 1 aliphatic rings. The van der Waals surface area contributed by atoms with Gasteiger partial charge < -0.3 is 14.3 Å². The Hall–Kier alpha value is -2.38. The van der Waals surface area contributed by atoms with Crippen molar-refractivity contribution in [1.82, 2.24) is 19.8 Å². The second-order valence-corrected chi connectivity index (χ2v) is 7.21. The molecule has 0 fully saturated rings. The average molecular weight is 356 g/mol. The number of rotatable bonds is 6. The van der Waals surface area contributed by atoms with Crippen molar-refractivity contribution >= 4 is 17.2 Å². The van der Waals surface area contributed by atoms with Crippen LogP contribution in [0.3, 0.4) is 0 Å². The molecular formula is C18H20N4O2S. The average Bonchev–Trinajstić information content (AvgIpc) is 3.36. The second kappa shape index (κ2) is 7.25. The number of imidazole rings is 1. The summed E-state index contributed by atoms with van der Waals surface area (Å²) in [7, 11) is 0. The smallest absolute Gasteiger partial charge is 0.244 e. The number of amides is 1. The van der Waals surface area contributed by atoms with Crippen LogP contribution in [0.2, 0.25) is 0 Å². The molecule has 3 aromatic rings. The molecule has 1 aliphatic heterocycles. The Bertz CT molecular complexity index is 810. The lowest BCUT2D eigenvalue weighted by molar-refractivity contribution is -0.125. The summed E-state index contributed by atoms with van der Waals surface area (Å²) in [5, 5.41) is 5.13. The summed E-state index contributed by atoms with van der Waals surface area (Å²) in [5.41, 5.74) is 1.05. The van der Waals surface area contributed by atoms with Crippen molar-refractivity contribution in [2.75, 3.05) is 13.1 Å². The Labute approximate surface area is 150 Å². The van der Waals surface area contributed by atoms with Crippen LogP contribution in [-0.4, -0.2) is 33.4 Å². The SMILES string of the molecule is O=C(NCCc1cccs1)[C@H]1CN(Cc2ccco2)Cc2cncn21. The van der Waals surface area contributed by atoms with Crippen LogP contribution in [0, 0.1) is 0 Å². The molecule has 0 unspecified atom stereocenters. The number of thiophene rings is 1. The number of nitrogens with zero attached hydrogens (tertiary/aromatic N) is 3. The van der Waals surface area contributed by atoms with E-state index in [9.17, 15) is 4.79 Å². The summed E-state index contributed by atoms with van der Waals surface area (Å²) >= 11 is 1.72. The van der Waals surface area contributed by atoms with Gasteiger partial charge in [-0.3, -0.25) is 9.69 Å². The lowest BCUT2D eigenvalue weighted by atomic mass is 10.1. The molecule has 130 valence electrons. The van der Waals surface area contributed by atoms with E-state index in [1.54, 1.807) is 23.9 Å². The summed E-state index contributed by atoms with van der Waals surface area (Å²) in [6.07, 6.45) is 6.13. The van der Waals surface area contributed by atoms with Crippen molar-refractivity contribution in [1.29, 1.82) is 0 Å². The molecule has 0 bridgehead atoms. The fourth-order valence-electron chi connectivity index (χ4n) is 3.20. The third kappa shape index (κ3) is 3.67. The van der Waals surface area contributed by atoms with Gasteiger partial charge in [0.1, 0.15) is 11.8 Å². The molecular weight excluding hydrogens is 336 g/mol. The summed E-state index contributed by atoms with van der Waals surface area (Å²) < 4.78 is 7.43. The number of carbonyl (C=O) groups is 1. The Balaban J connectivity index is 1.41. The standard InChI is InChI=1S/C18H20N4O2S/c23-18(20-6-5-16-4-2-8-25-16)17-12-21(11-15-3-1-7-24-15)10-14-9-19-13-22(14)17/h1-4,7-9,13,17H,5-6,10-12H2,(H,20,23)/t17-/m1/s1. The fourth-order valence-corrected chi connectivity index (χ4v) is 3.90. The first-order valence-corrected chi connectivity index (χ1v) is 9.23. The van der Waals surface area contributed by atoms with Gasteiger partial charge in [-0.05, 0) is 30.0 Å². The normalized spacial score (nSPS) is 17.4. The third-order valence-corrected chi connectivity index (χ3v) is 5.35.